The molecule has 2 aromatic heterocycles. The van der Waals surface area contributed by atoms with E-state index >= 15 is 0 Å². The molecule has 3 aromatic rings. The number of aryl methyl sites for hydroxylation is 2. The van der Waals surface area contributed by atoms with Gasteiger partial charge in [0.05, 0.1) is 16.7 Å². The smallest absolute Gasteiger partial charge is 0.145 e. The van der Waals surface area contributed by atoms with E-state index in [-0.39, 0.29) is 0 Å². The average molecular weight is 227 g/mol. The lowest BCUT2D eigenvalue weighted by molar-refractivity contribution is 0.886. The second kappa shape index (κ2) is 3.35. The summed E-state index contributed by atoms with van der Waals surface area (Å²) < 4.78 is 2.07. The van der Waals surface area contributed by atoms with E-state index in [0.717, 1.165) is 28.1 Å². The fourth-order valence-corrected chi connectivity index (χ4v) is 2.08. The van der Waals surface area contributed by atoms with Gasteiger partial charge in [-0.2, -0.15) is 5.10 Å². The number of para-hydroxylation sites is 1. The maximum absolute atomic E-state index is 5.64. The van der Waals surface area contributed by atoms with E-state index in [1.165, 1.54) is 0 Å². The van der Waals surface area contributed by atoms with Gasteiger partial charge in [-0.3, -0.25) is 5.10 Å². The van der Waals surface area contributed by atoms with E-state index in [2.05, 4.69) is 19.7 Å². The van der Waals surface area contributed by atoms with Gasteiger partial charge in [-0.25, -0.2) is 4.98 Å². The molecule has 0 saturated carbocycles. The Labute approximate surface area is 98.3 Å². The highest BCUT2D eigenvalue weighted by molar-refractivity contribution is 5.91. The van der Waals surface area contributed by atoms with Crippen molar-refractivity contribution >= 4 is 16.9 Å². The monoisotopic (exact) mass is 227 g/mol. The number of anilines is 1. The molecule has 3 rings (SSSR count). The van der Waals surface area contributed by atoms with Crippen molar-refractivity contribution in [2.45, 2.75) is 6.92 Å². The van der Waals surface area contributed by atoms with Gasteiger partial charge < -0.3 is 10.3 Å². The Kier molecular flexibility index (Phi) is 1.95. The van der Waals surface area contributed by atoms with Gasteiger partial charge in [-0.15, -0.1) is 0 Å². The summed E-state index contributed by atoms with van der Waals surface area (Å²) in [5, 5.41) is 6.89. The molecule has 0 spiro atoms. The molecule has 0 amide bonds. The quantitative estimate of drug-likeness (QED) is 0.666. The first kappa shape index (κ1) is 9.89. The van der Waals surface area contributed by atoms with Crippen molar-refractivity contribution in [1.29, 1.82) is 0 Å². The number of nitrogens with one attached hydrogen (secondary N) is 1. The number of aromatic amines is 1. The first-order chi connectivity index (χ1) is 8.16. The zero-order valence-electron chi connectivity index (χ0n) is 9.73. The van der Waals surface area contributed by atoms with Gasteiger partial charge in [0.25, 0.3) is 0 Å². The van der Waals surface area contributed by atoms with Crippen LogP contribution in [-0.4, -0.2) is 19.7 Å². The summed E-state index contributed by atoms with van der Waals surface area (Å²) in [6.07, 6.45) is 0. The standard InChI is InChI=1S/C12H13N5/c1-7-14-9-5-3-4-8(12(9)17(7)2)10-6-11(13)16-15-10/h3-6H,1-2H3,(H3,13,15,16). The van der Waals surface area contributed by atoms with Crippen LogP contribution in [0.15, 0.2) is 24.3 Å². The Hall–Kier alpha value is -2.30. The summed E-state index contributed by atoms with van der Waals surface area (Å²) in [7, 11) is 2.01. The van der Waals surface area contributed by atoms with Crippen LogP contribution >= 0.6 is 0 Å². The van der Waals surface area contributed by atoms with Crippen LogP contribution in [0, 0.1) is 6.92 Å². The highest BCUT2D eigenvalue weighted by atomic mass is 15.2. The van der Waals surface area contributed by atoms with Gasteiger partial charge >= 0.3 is 0 Å². The summed E-state index contributed by atoms with van der Waals surface area (Å²) in [5.41, 5.74) is 9.69. The van der Waals surface area contributed by atoms with Crippen molar-refractivity contribution in [2.24, 2.45) is 7.05 Å². The third-order valence-corrected chi connectivity index (χ3v) is 3.01. The lowest BCUT2D eigenvalue weighted by Crippen LogP contribution is -1.92. The number of hydrogen-bond acceptors (Lipinski definition) is 3. The van der Waals surface area contributed by atoms with E-state index in [1.807, 2.05) is 38.2 Å². The van der Waals surface area contributed by atoms with E-state index in [4.69, 9.17) is 5.73 Å². The fourth-order valence-electron chi connectivity index (χ4n) is 2.08. The van der Waals surface area contributed by atoms with Crippen molar-refractivity contribution < 1.29 is 0 Å². The van der Waals surface area contributed by atoms with Crippen molar-refractivity contribution in [3.63, 3.8) is 0 Å². The Bertz CT molecular complexity index is 692. The zero-order chi connectivity index (χ0) is 12.0. The largest absolute Gasteiger partial charge is 0.382 e. The zero-order valence-corrected chi connectivity index (χ0v) is 9.73. The molecule has 17 heavy (non-hydrogen) atoms. The molecular weight excluding hydrogens is 214 g/mol. The average Bonchev–Trinajstić information content (AvgIpc) is 2.85. The van der Waals surface area contributed by atoms with Crippen molar-refractivity contribution in [3.05, 3.63) is 30.1 Å². The number of benzene rings is 1. The van der Waals surface area contributed by atoms with Gasteiger partial charge in [0, 0.05) is 18.7 Å². The van der Waals surface area contributed by atoms with Crippen LogP contribution in [0.1, 0.15) is 5.82 Å². The highest BCUT2D eigenvalue weighted by Crippen LogP contribution is 2.28. The molecule has 2 heterocycles. The molecule has 0 fully saturated rings. The minimum atomic E-state index is 0.496. The molecule has 0 saturated heterocycles. The van der Waals surface area contributed by atoms with Gasteiger partial charge in [0.15, 0.2) is 0 Å². The lowest BCUT2D eigenvalue weighted by Gasteiger charge is -2.03. The van der Waals surface area contributed by atoms with Crippen LogP contribution in [0.4, 0.5) is 5.82 Å². The second-order valence-corrected chi connectivity index (χ2v) is 4.10. The molecule has 1 aromatic carbocycles. The van der Waals surface area contributed by atoms with E-state index in [9.17, 15) is 0 Å². The molecule has 0 bridgehead atoms. The minimum Gasteiger partial charge on any atom is -0.382 e. The number of imidazole rings is 1. The van der Waals surface area contributed by atoms with Gasteiger partial charge in [0.2, 0.25) is 0 Å². The summed E-state index contributed by atoms with van der Waals surface area (Å²) in [6.45, 7) is 1.99. The summed E-state index contributed by atoms with van der Waals surface area (Å²) in [4.78, 5) is 4.50. The normalized spacial score (nSPS) is 11.2. The van der Waals surface area contributed by atoms with E-state index in [0.29, 0.717) is 5.82 Å². The molecule has 0 aliphatic rings. The van der Waals surface area contributed by atoms with E-state index < -0.39 is 0 Å². The highest BCUT2D eigenvalue weighted by Gasteiger charge is 2.11. The predicted molar refractivity (Wildman–Crippen MR) is 67.4 cm³/mol. The summed E-state index contributed by atoms with van der Waals surface area (Å²) >= 11 is 0. The van der Waals surface area contributed by atoms with Crippen LogP contribution in [0.3, 0.4) is 0 Å². The number of nitrogen functional groups attached to an aromatic ring is 1. The van der Waals surface area contributed by atoms with Gasteiger partial charge in [-0.05, 0) is 13.0 Å². The minimum absolute atomic E-state index is 0.496. The van der Waals surface area contributed by atoms with Gasteiger partial charge in [0.1, 0.15) is 11.6 Å². The number of aromatic nitrogens is 4. The van der Waals surface area contributed by atoms with Crippen molar-refractivity contribution in [1.82, 2.24) is 19.7 Å². The maximum Gasteiger partial charge on any atom is 0.145 e. The fraction of sp³-hybridized carbons (Fsp3) is 0.167. The van der Waals surface area contributed by atoms with Crippen molar-refractivity contribution in [3.8, 4) is 11.3 Å². The molecule has 3 N–H and O–H groups in total. The number of nitrogens with two attached hydrogens (primary N) is 1. The lowest BCUT2D eigenvalue weighted by atomic mass is 10.1. The van der Waals surface area contributed by atoms with Crippen LogP contribution in [0.2, 0.25) is 0 Å². The molecule has 5 nitrogen and oxygen atoms in total. The van der Waals surface area contributed by atoms with Crippen LogP contribution in [-0.2, 0) is 7.05 Å². The number of nitrogens with zero attached hydrogens (tertiary/aromatic N) is 3. The number of rotatable bonds is 1. The Balaban J connectivity index is 2.36. The SMILES string of the molecule is Cc1nc2cccc(-c3cc(N)n[nH]3)c2n1C. The number of H-pyrrole nitrogens is 1. The Morgan fingerprint density at radius 1 is 1.35 bits per heavy atom. The van der Waals surface area contributed by atoms with Crippen molar-refractivity contribution in [2.75, 3.05) is 5.73 Å². The third kappa shape index (κ3) is 1.39. The first-order valence-corrected chi connectivity index (χ1v) is 5.40. The Morgan fingerprint density at radius 2 is 2.18 bits per heavy atom. The second-order valence-electron chi connectivity index (χ2n) is 4.10. The molecular formula is C12H13N5. The maximum atomic E-state index is 5.64. The Morgan fingerprint density at radius 3 is 2.88 bits per heavy atom. The molecule has 0 atom stereocenters. The molecule has 0 radical (unpaired) electrons. The molecule has 0 aliphatic carbocycles. The summed E-state index contributed by atoms with van der Waals surface area (Å²) in [6, 6.07) is 7.86. The van der Waals surface area contributed by atoms with Crippen LogP contribution in [0.25, 0.3) is 22.3 Å². The predicted octanol–water partition coefficient (Wildman–Crippen LogP) is 1.85. The molecule has 0 unspecified atom stereocenters. The molecule has 0 aliphatic heterocycles. The van der Waals surface area contributed by atoms with E-state index in [1.54, 1.807) is 0 Å². The third-order valence-electron chi connectivity index (χ3n) is 3.01. The number of hydrogen-bond donors (Lipinski definition) is 2. The van der Waals surface area contributed by atoms with Crippen LogP contribution in [0.5, 0.6) is 0 Å². The van der Waals surface area contributed by atoms with Crippen LogP contribution < -0.4 is 5.73 Å². The first-order valence-electron chi connectivity index (χ1n) is 5.40. The number of fused-ring (bicyclic) bond motifs is 1. The molecule has 86 valence electrons. The van der Waals surface area contributed by atoms with Gasteiger partial charge in [-0.1, -0.05) is 12.1 Å². The summed E-state index contributed by atoms with van der Waals surface area (Å²) in [5.74, 6) is 1.48. The topological polar surface area (TPSA) is 72.5 Å². The molecule has 5 heteroatoms.